The molecular weight excluding hydrogens is 315 g/mol. The maximum Gasteiger partial charge on any atom is 0.247 e. The summed E-state index contributed by atoms with van der Waals surface area (Å²) in [4.78, 5) is 28.4. The molecule has 2 aliphatic heterocycles. The predicted octanol–water partition coefficient (Wildman–Crippen LogP) is 2.36. The Bertz CT molecular complexity index is 629. The quantitative estimate of drug-likeness (QED) is 0.797. The summed E-state index contributed by atoms with van der Waals surface area (Å²) >= 11 is 1.59. The van der Waals surface area contributed by atoms with Crippen molar-refractivity contribution in [2.75, 3.05) is 24.7 Å². The maximum absolute atomic E-state index is 13.2. The van der Waals surface area contributed by atoms with E-state index in [1.807, 2.05) is 4.90 Å². The summed E-state index contributed by atoms with van der Waals surface area (Å²) in [7, 11) is 0. The van der Waals surface area contributed by atoms with Gasteiger partial charge in [0, 0.05) is 24.9 Å². The van der Waals surface area contributed by atoms with E-state index in [2.05, 4.69) is 0 Å². The van der Waals surface area contributed by atoms with Gasteiger partial charge in [-0.3, -0.25) is 9.59 Å². The van der Waals surface area contributed by atoms with Crippen molar-refractivity contribution in [1.82, 2.24) is 9.80 Å². The van der Waals surface area contributed by atoms with Gasteiger partial charge in [0.2, 0.25) is 11.8 Å². The molecule has 2 amide bonds. The number of carbonyl (C=O) groups excluding carboxylic acids is 2. The standard InChI is InChI=1S/C17H19FN2O2S/c18-14-5-3-4-13(10-14)6-7-16(21)20-12-23-11-15(20)17(22)19-8-1-2-9-19/h3-7,10,15H,1-2,8-9,11-12H2. The van der Waals surface area contributed by atoms with E-state index in [9.17, 15) is 14.0 Å². The van der Waals surface area contributed by atoms with Crippen LogP contribution in [0.15, 0.2) is 30.3 Å². The van der Waals surface area contributed by atoms with Gasteiger partial charge in [-0.2, -0.15) is 0 Å². The van der Waals surface area contributed by atoms with Crippen molar-refractivity contribution in [3.8, 4) is 0 Å². The Kier molecular flexibility index (Phi) is 5.00. The van der Waals surface area contributed by atoms with Crippen molar-refractivity contribution in [1.29, 1.82) is 0 Å². The lowest BCUT2D eigenvalue weighted by atomic mass is 10.2. The summed E-state index contributed by atoms with van der Waals surface area (Å²) in [6.07, 6.45) is 5.09. The zero-order valence-electron chi connectivity index (χ0n) is 12.8. The van der Waals surface area contributed by atoms with Crippen molar-refractivity contribution in [3.63, 3.8) is 0 Å². The first-order valence-corrected chi connectivity index (χ1v) is 8.91. The third-order valence-corrected chi connectivity index (χ3v) is 5.15. The molecule has 122 valence electrons. The van der Waals surface area contributed by atoms with Gasteiger partial charge < -0.3 is 9.80 Å². The number of nitrogens with zero attached hydrogens (tertiary/aromatic N) is 2. The highest BCUT2D eigenvalue weighted by Gasteiger charge is 2.36. The molecule has 1 unspecified atom stereocenters. The zero-order chi connectivity index (χ0) is 16.2. The van der Waals surface area contributed by atoms with Crippen LogP contribution < -0.4 is 0 Å². The summed E-state index contributed by atoms with van der Waals surface area (Å²) in [5.74, 6) is 0.695. The molecule has 1 atom stereocenters. The number of hydrogen-bond acceptors (Lipinski definition) is 3. The Morgan fingerprint density at radius 2 is 2.04 bits per heavy atom. The van der Waals surface area contributed by atoms with Gasteiger partial charge in [0.15, 0.2) is 0 Å². The largest absolute Gasteiger partial charge is 0.341 e. The highest BCUT2D eigenvalue weighted by molar-refractivity contribution is 7.99. The van der Waals surface area contributed by atoms with Crippen molar-refractivity contribution in [2.45, 2.75) is 18.9 Å². The molecule has 0 spiro atoms. The highest BCUT2D eigenvalue weighted by Crippen LogP contribution is 2.24. The Balaban J connectivity index is 1.67. The number of halogens is 1. The number of likely N-dealkylation sites (tertiary alicyclic amines) is 1. The molecule has 4 nitrogen and oxygen atoms in total. The smallest absolute Gasteiger partial charge is 0.247 e. The van der Waals surface area contributed by atoms with Crippen LogP contribution in [0.5, 0.6) is 0 Å². The molecule has 2 fully saturated rings. The zero-order valence-corrected chi connectivity index (χ0v) is 13.6. The van der Waals surface area contributed by atoms with E-state index in [1.54, 1.807) is 34.9 Å². The molecule has 0 bridgehead atoms. The molecule has 1 aromatic rings. The van der Waals surface area contributed by atoms with E-state index in [0.717, 1.165) is 25.9 Å². The van der Waals surface area contributed by atoms with E-state index in [4.69, 9.17) is 0 Å². The van der Waals surface area contributed by atoms with Crippen LogP contribution in [0.2, 0.25) is 0 Å². The molecule has 0 saturated carbocycles. The number of benzene rings is 1. The Morgan fingerprint density at radius 3 is 2.78 bits per heavy atom. The third kappa shape index (κ3) is 3.75. The molecule has 23 heavy (non-hydrogen) atoms. The van der Waals surface area contributed by atoms with Crippen LogP contribution in [0, 0.1) is 5.82 Å². The van der Waals surface area contributed by atoms with Crippen LogP contribution in [-0.2, 0) is 9.59 Å². The van der Waals surface area contributed by atoms with Gasteiger partial charge in [0.1, 0.15) is 11.9 Å². The van der Waals surface area contributed by atoms with Gasteiger partial charge in [-0.15, -0.1) is 11.8 Å². The SMILES string of the molecule is O=C(C1CSCN1C(=O)C=Cc1cccc(F)c1)N1CCCC1. The van der Waals surface area contributed by atoms with E-state index < -0.39 is 0 Å². The molecule has 3 rings (SSSR count). The Labute approximate surface area is 139 Å². The summed E-state index contributed by atoms with van der Waals surface area (Å²) in [6, 6.07) is 5.70. The van der Waals surface area contributed by atoms with Crippen LogP contribution in [-0.4, -0.2) is 52.4 Å². The van der Waals surface area contributed by atoms with Crippen molar-refractivity contribution < 1.29 is 14.0 Å². The Hall–Kier alpha value is -1.82. The number of amides is 2. The molecule has 1 aromatic carbocycles. The monoisotopic (exact) mass is 334 g/mol. The normalized spacial score (nSPS) is 21.3. The average molecular weight is 334 g/mol. The van der Waals surface area contributed by atoms with Gasteiger partial charge in [0.25, 0.3) is 0 Å². The van der Waals surface area contributed by atoms with Crippen LogP contribution in [0.25, 0.3) is 6.08 Å². The summed E-state index contributed by atoms with van der Waals surface area (Å²) in [5.41, 5.74) is 0.632. The van der Waals surface area contributed by atoms with Gasteiger partial charge in [-0.25, -0.2) is 4.39 Å². The maximum atomic E-state index is 13.2. The fraction of sp³-hybridized carbons (Fsp3) is 0.412. The molecule has 2 heterocycles. The summed E-state index contributed by atoms with van der Waals surface area (Å²) < 4.78 is 13.2. The Morgan fingerprint density at radius 1 is 1.26 bits per heavy atom. The van der Waals surface area contributed by atoms with E-state index in [-0.39, 0.29) is 23.7 Å². The molecule has 0 N–H and O–H groups in total. The number of thioether (sulfide) groups is 1. The van der Waals surface area contributed by atoms with Crippen LogP contribution in [0.3, 0.4) is 0 Å². The topological polar surface area (TPSA) is 40.6 Å². The van der Waals surface area contributed by atoms with E-state index in [0.29, 0.717) is 17.2 Å². The van der Waals surface area contributed by atoms with E-state index in [1.165, 1.54) is 18.2 Å². The molecule has 0 aliphatic carbocycles. The predicted molar refractivity (Wildman–Crippen MR) is 89.2 cm³/mol. The first-order valence-electron chi connectivity index (χ1n) is 7.76. The first kappa shape index (κ1) is 16.1. The third-order valence-electron chi connectivity index (χ3n) is 4.14. The van der Waals surface area contributed by atoms with Gasteiger partial charge >= 0.3 is 0 Å². The molecule has 0 radical (unpaired) electrons. The molecule has 2 saturated heterocycles. The van der Waals surface area contributed by atoms with Crippen LogP contribution >= 0.6 is 11.8 Å². The van der Waals surface area contributed by atoms with Gasteiger partial charge in [-0.05, 0) is 36.6 Å². The summed E-state index contributed by atoms with van der Waals surface area (Å²) in [5, 5.41) is 0. The number of rotatable bonds is 3. The van der Waals surface area contributed by atoms with Crippen LogP contribution in [0.1, 0.15) is 18.4 Å². The first-order chi connectivity index (χ1) is 11.1. The molecule has 6 heteroatoms. The van der Waals surface area contributed by atoms with Crippen molar-refractivity contribution >= 4 is 29.7 Å². The average Bonchev–Trinajstić information content (AvgIpc) is 3.23. The van der Waals surface area contributed by atoms with Crippen LogP contribution in [0.4, 0.5) is 4.39 Å². The molecule has 2 aliphatic rings. The second kappa shape index (κ2) is 7.17. The van der Waals surface area contributed by atoms with Crippen molar-refractivity contribution in [3.05, 3.63) is 41.7 Å². The lowest BCUT2D eigenvalue weighted by Crippen LogP contribution is -2.47. The van der Waals surface area contributed by atoms with E-state index >= 15 is 0 Å². The fourth-order valence-corrected chi connectivity index (χ4v) is 4.04. The van der Waals surface area contributed by atoms with Gasteiger partial charge in [0.05, 0.1) is 5.88 Å². The number of carbonyl (C=O) groups is 2. The number of hydrogen-bond donors (Lipinski definition) is 0. The molecule has 0 aromatic heterocycles. The van der Waals surface area contributed by atoms with Crippen molar-refractivity contribution in [2.24, 2.45) is 0 Å². The molecular formula is C17H19FN2O2S. The second-order valence-electron chi connectivity index (χ2n) is 5.74. The second-order valence-corrected chi connectivity index (χ2v) is 6.74. The lowest BCUT2D eigenvalue weighted by Gasteiger charge is -2.26. The minimum absolute atomic E-state index is 0.0556. The highest BCUT2D eigenvalue weighted by atomic mass is 32.2. The minimum Gasteiger partial charge on any atom is -0.341 e. The lowest BCUT2D eigenvalue weighted by molar-refractivity contribution is -0.140. The summed E-state index contributed by atoms with van der Waals surface area (Å²) in [6.45, 7) is 1.59. The minimum atomic E-state index is -0.372. The fourth-order valence-electron chi connectivity index (χ4n) is 2.89. The van der Waals surface area contributed by atoms with Gasteiger partial charge in [-0.1, -0.05) is 12.1 Å².